The van der Waals surface area contributed by atoms with Gasteiger partial charge in [-0.2, -0.15) is 5.26 Å². The number of hydrogen-bond donors (Lipinski definition) is 0. The first kappa shape index (κ1) is 23.6. The minimum atomic E-state index is 0.687. The molecule has 0 amide bonds. The van der Waals surface area contributed by atoms with Crippen LogP contribution in [0.2, 0.25) is 0 Å². The molecule has 0 unspecified atom stereocenters. The Morgan fingerprint density at radius 2 is 1.79 bits per heavy atom. The number of nitrogens with zero attached hydrogens (tertiary/aromatic N) is 4. The molecule has 4 rings (SSSR count). The average molecular weight is 469 g/mol. The molecule has 0 fully saturated rings. The second kappa shape index (κ2) is 11.5. The number of aromatic nitrogens is 3. The summed E-state index contributed by atoms with van der Waals surface area (Å²) < 4.78 is 7.59. The van der Waals surface area contributed by atoms with Gasteiger partial charge in [0.05, 0.1) is 25.3 Å². The SMILES string of the molecule is CCCCc1nnc(SCc2cccc(OC)c2)n1Cc1ccc(-c2ccccc2C#N)cc1. The molecule has 1 aromatic heterocycles. The van der Waals surface area contributed by atoms with Gasteiger partial charge in [-0.3, -0.25) is 0 Å². The summed E-state index contributed by atoms with van der Waals surface area (Å²) in [5.74, 6) is 2.68. The molecule has 34 heavy (non-hydrogen) atoms. The molecule has 0 bridgehead atoms. The van der Waals surface area contributed by atoms with E-state index in [4.69, 9.17) is 4.74 Å². The first-order valence-electron chi connectivity index (χ1n) is 11.5. The van der Waals surface area contributed by atoms with Crippen LogP contribution >= 0.6 is 11.8 Å². The van der Waals surface area contributed by atoms with Crippen LogP contribution in [0.3, 0.4) is 0 Å². The predicted octanol–water partition coefficient (Wildman–Crippen LogP) is 6.51. The summed E-state index contributed by atoms with van der Waals surface area (Å²) in [5, 5.41) is 19.4. The third kappa shape index (κ3) is 5.67. The van der Waals surface area contributed by atoms with Crippen molar-refractivity contribution in [3.8, 4) is 22.9 Å². The largest absolute Gasteiger partial charge is 0.497 e. The lowest BCUT2D eigenvalue weighted by Crippen LogP contribution is -2.07. The minimum absolute atomic E-state index is 0.687. The van der Waals surface area contributed by atoms with Crippen LogP contribution in [0.1, 0.15) is 42.3 Å². The number of ether oxygens (including phenoxy) is 1. The van der Waals surface area contributed by atoms with Crippen molar-refractivity contribution in [1.29, 1.82) is 5.26 Å². The Labute approximate surface area is 205 Å². The van der Waals surface area contributed by atoms with Crippen LogP contribution in [0.15, 0.2) is 78.0 Å². The van der Waals surface area contributed by atoms with Crippen LogP contribution in [0.4, 0.5) is 0 Å². The molecule has 4 aromatic rings. The van der Waals surface area contributed by atoms with E-state index < -0.39 is 0 Å². The molecule has 0 atom stereocenters. The molecule has 0 aliphatic carbocycles. The molecule has 0 saturated carbocycles. The lowest BCUT2D eigenvalue weighted by atomic mass is 9.99. The average Bonchev–Trinajstić information content (AvgIpc) is 3.27. The Balaban J connectivity index is 1.55. The summed E-state index contributed by atoms with van der Waals surface area (Å²) in [7, 11) is 1.69. The summed E-state index contributed by atoms with van der Waals surface area (Å²) in [5.41, 5.74) is 5.06. The molecule has 0 saturated heterocycles. The van der Waals surface area contributed by atoms with Crippen molar-refractivity contribution in [1.82, 2.24) is 14.8 Å². The predicted molar refractivity (Wildman–Crippen MR) is 137 cm³/mol. The van der Waals surface area contributed by atoms with Crippen LogP contribution in [-0.2, 0) is 18.7 Å². The van der Waals surface area contributed by atoms with E-state index in [1.54, 1.807) is 18.9 Å². The fourth-order valence-electron chi connectivity index (χ4n) is 3.82. The Morgan fingerprint density at radius 1 is 0.971 bits per heavy atom. The Hall–Kier alpha value is -3.56. The number of benzene rings is 3. The number of hydrogen-bond acceptors (Lipinski definition) is 5. The monoisotopic (exact) mass is 468 g/mol. The summed E-state index contributed by atoms with van der Waals surface area (Å²) in [4.78, 5) is 0. The second-order valence-electron chi connectivity index (χ2n) is 8.08. The van der Waals surface area contributed by atoms with Gasteiger partial charge in [-0.15, -0.1) is 10.2 Å². The summed E-state index contributed by atoms with van der Waals surface area (Å²) in [6.45, 7) is 2.91. The van der Waals surface area contributed by atoms with E-state index in [9.17, 15) is 5.26 Å². The summed E-state index contributed by atoms with van der Waals surface area (Å²) in [6, 6.07) is 26.5. The van der Waals surface area contributed by atoms with Crippen molar-refractivity contribution in [3.05, 3.63) is 95.3 Å². The molecular formula is C28H28N4OS. The smallest absolute Gasteiger partial charge is 0.191 e. The van der Waals surface area contributed by atoms with Gasteiger partial charge < -0.3 is 9.30 Å². The molecule has 0 aliphatic rings. The Bertz CT molecular complexity index is 1270. The van der Waals surface area contributed by atoms with Crippen molar-refractivity contribution < 1.29 is 4.74 Å². The second-order valence-corrected chi connectivity index (χ2v) is 9.03. The highest BCUT2D eigenvalue weighted by molar-refractivity contribution is 7.98. The Morgan fingerprint density at radius 3 is 2.56 bits per heavy atom. The molecule has 0 spiro atoms. The first-order valence-corrected chi connectivity index (χ1v) is 12.5. The maximum atomic E-state index is 9.42. The zero-order valence-electron chi connectivity index (χ0n) is 19.6. The quantitative estimate of drug-likeness (QED) is 0.248. The van der Waals surface area contributed by atoms with Crippen LogP contribution in [0.5, 0.6) is 5.75 Å². The lowest BCUT2D eigenvalue weighted by molar-refractivity contribution is 0.414. The van der Waals surface area contributed by atoms with Gasteiger partial charge in [0.15, 0.2) is 5.16 Å². The highest BCUT2D eigenvalue weighted by Crippen LogP contribution is 2.27. The van der Waals surface area contributed by atoms with E-state index in [2.05, 4.69) is 64.2 Å². The topological polar surface area (TPSA) is 63.7 Å². The number of thioether (sulfide) groups is 1. The van der Waals surface area contributed by atoms with E-state index in [0.29, 0.717) is 12.1 Å². The van der Waals surface area contributed by atoms with Crippen molar-refractivity contribution in [2.75, 3.05) is 7.11 Å². The lowest BCUT2D eigenvalue weighted by Gasteiger charge is -2.12. The standard InChI is InChI=1S/C28H28N4OS/c1-3-4-12-27-30-31-28(34-20-22-8-7-10-25(17-22)33-2)32(27)19-21-13-15-23(16-14-21)26-11-6-5-9-24(26)18-29/h5-11,13-17H,3-4,12,19-20H2,1-2H3. The van der Waals surface area contributed by atoms with E-state index in [0.717, 1.165) is 52.9 Å². The van der Waals surface area contributed by atoms with E-state index in [1.807, 2.05) is 36.4 Å². The van der Waals surface area contributed by atoms with Gasteiger partial charge in [-0.25, -0.2) is 0 Å². The van der Waals surface area contributed by atoms with E-state index in [1.165, 1.54) is 11.1 Å². The van der Waals surface area contributed by atoms with Crippen molar-refractivity contribution in [3.63, 3.8) is 0 Å². The fourth-order valence-corrected chi connectivity index (χ4v) is 4.72. The maximum Gasteiger partial charge on any atom is 0.191 e. The zero-order valence-corrected chi connectivity index (χ0v) is 20.4. The van der Waals surface area contributed by atoms with Crippen LogP contribution in [0, 0.1) is 11.3 Å². The molecule has 5 nitrogen and oxygen atoms in total. The fraction of sp³-hybridized carbons (Fsp3) is 0.250. The van der Waals surface area contributed by atoms with Crippen LogP contribution < -0.4 is 4.74 Å². The van der Waals surface area contributed by atoms with Crippen LogP contribution in [0.25, 0.3) is 11.1 Å². The van der Waals surface area contributed by atoms with Gasteiger partial charge in [0, 0.05) is 12.2 Å². The highest BCUT2D eigenvalue weighted by Gasteiger charge is 2.14. The number of nitriles is 1. The molecular weight excluding hydrogens is 440 g/mol. The maximum absolute atomic E-state index is 9.42. The van der Waals surface area contributed by atoms with E-state index in [-0.39, 0.29) is 0 Å². The molecule has 3 aromatic carbocycles. The zero-order chi connectivity index (χ0) is 23.8. The molecule has 6 heteroatoms. The van der Waals surface area contributed by atoms with Gasteiger partial charge in [-0.05, 0) is 46.9 Å². The summed E-state index contributed by atoms with van der Waals surface area (Å²) in [6.07, 6.45) is 3.12. The molecule has 1 heterocycles. The van der Waals surface area contributed by atoms with E-state index >= 15 is 0 Å². The molecule has 0 N–H and O–H groups in total. The van der Waals surface area contributed by atoms with Gasteiger partial charge in [0.25, 0.3) is 0 Å². The summed E-state index contributed by atoms with van der Waals surface area (Å²) >= 11 is 1.70. The van der Waals surface area contributed by atoms with Gasteiger partial charge in [0.2, 0.25) is 0 Å². The number of unbranched alkanes of at least 4 members (excludes halogenated alkanes) is 1. The molecule has 172 valence electrons. The molecule has 0 radical (unpaired) electrons. The first-order chi connectivity index (χ1) is 16.7. The Kier molecular flexibility index (Phi) is 8.00. The van der Waals surface area contributed by atoms with Crippen molar-refractivity contribution in [2.24, 2.45) is 0 Å². The van der Waals surface area contributed by atoms with Gasteiger partial charge in [-0.1, -0.05) is 79.7 Å². The third-order valence-corrected chi connectivity index (χ3v) is 6.74. The highest BCUT2D eigenvalue weighted by atomic mass is 32.2. The van der Waals surface area contributed by atoms with Gasteiger partial charge >= 0.3 is 0 Å². The molecule has 0 aliphatic heterocycles. The minimum Gasteiger partial charge on any atom is -0.497 e. The van der Waals surface area contributed by atoms with Crippen molar-refractivity contribution in [2.45, 2.75) is 43.6 Å². The number of rotatable bonds is 10. The van der Waals surface area contributed by atoms with Gasteiger partial charge in [0.1, 0.15) is 11.6 Å². The van der Waals surface area contributed by atoms with Crippen molar-refractivity contribution >= 4 is 11.8 Å². The number of methoxy groups -OCH3 is 1. The van der Waals surface area contributed by atoms with Crippen LogP contribution in [-0.4, -0.2) is 21.9 Å². The third-order valence-electron chi connectivity index (χ3n) is 5.70. The normalized spacial score (nSPS) is 10.7. The number of aryl methyl sites for hydroxylation is 1.